The molecule has 0 bridgehead atoms. The predicted molar refractivity (Wildman–Crippen MR) is 115 cm³/mol. The van der Waals surface area contributed by atoms with E-state index in [1.54, 1.807) is 26.6 Å². The maximum absolute atomic E-state index is 12.6. The highest BCUT2D eigenvalue weighted by Crippen LogP contribution is 2.33. The summed E-state index contributed by atoms with van der Waals surface area (Å²) in [4.78, 5) is 37.0. The summed E-state index contributed by atoms with van der Waals surface area (Å²) in [5.74, 6) is 1.73. The number of aliphatic hydroxyl groups excluding tert-OH is 1. The Morgan fingerprint density at radius 1 is 1.13 bits per heavy atom. The molecule has 0 aliphatic carbocycles. The highest BCUT2D eigenvalue weighted by Gasteiger charge is 2.17. The highest BCUT2D eigenvalue weighted by molar-refractivity contribution is 5.88. The summed E-state index contributed by atoms with van der Waals surface area (Å²) < 4.78 is 13.2. The number of aromatic nitrogens is 5. The average molecular weight is 425 g/mol. The molecule has 0 amide bonds. The zero-order valence-electron chi connectivity index (χ0n) is 17.5. The average Bonchev–Trinajstić information content (AvgIpc) is 3.20. The van der Waals surface area contributed by atoms with Crippen molar-refractivity contribution >= 4 is 21.9 Å². The lowest BCUT2D eigenvalue weighted by Crippen LogP contribution is -2.38. The van der Waals surface area contributed by atoms with Crippen LogP contribution < -0.4 is 20.7 Å². The van der Waals surface area contributed by atoms with Gasteiger partial charge in [-0.3, -0.25) is 18.9 Å². The molecule has 2 N–H and O–H groups in total. The number of ether oxygens (including phenoxy) is 2. The first-order valence-electron chi connectivity index (χ1n) is 9.76. The topological polar surface area (TPSA) is 124 Å². The smallest absolute Gasteiger partial charge is 0.332 e. The summed E-state index contributed by atoms with van der Waals surface area (Å²) in [5.41, 5.74) is 0.499. The van der Waals surface area contributed by atoms with E-state index < -0.39 is 11.2 Å². The first-order chi connectivity index (χ1) is 15.0. The molecule has 0 aliphatic heterocycles. The summed E-state index contributed by atoms with van der Waals surface area (Å²) in [6, 6.07) is 3.73. The van der Waals surface area contributed by atoms with E-state index in [9.17, 15) is 9.59 Å². The van der Waals surface area contributed by atoms with Gasteiger partial charge in [0.25, 0.3) is 5.56 Å². The molecule has 3 aromatic heterocycles. The Hall–Kier alpha value is -3.66. The molecule has 0 aliphatic rings. The quantitative estimate of drug-likeness (QED) is 0.452. The van der Waals surface area contributed by atoms with Gasteiger partial charge in [-0.2, -0.15) is 0 Å². The van der Waals surface area contributed by atoms with Gasteiger partial charge >= 0.3 is 5.69 Å². The summed E-state index contributed by atoms with van der Waals surface area (Å²) in [7, 11) is 4.58. The Balaban J connectivity index is 1.84. The minimum Gasteiger partial charge on any atom is -0.493 e. The van der Waals surface area contributed by atoms with E-state index in [4.69, 9.17) is 14.6 Å². The number of aromatic amines is 1. The largest absolute Gasteiger partial charge is 0.493 e. The van der Waals surface area contributed by atoms with E-state index in [-0.39, 0.29) is 24.3 Å². The molecule has 4 rings (SSSR count). The second-order valence-corrected chi connectivity index (χ2v) is 7.16. The summed E-state index contributed by atoms with van der Waals surface area (Å²) in [6.45, 7) is 0.193. The van der Waals surface area contributed by atoms with Crippen molar-refractivity contribution in [2.24, 2.45) is 7.05 Å². The number of hydrogen-bond donors (Lipinski definition) is 2. The van der Waals surface area contributed by atoms with Crippen LogP contribution in [0.2, 0.25) is 0 Å². The molecule has 10 heteroatoms. The maximum Gasteiger partial charge on any atom is 0.332 e. The lowest BCUT2D eigenvalue weighted by molar-refractivity contribution is 0.279. The van der Waals surface area contributed by atoms with Gasteiger partial charge in [-0.25, -0.2) is 9.78 Å². The Bertz CT molecular complexity index is 1390. The van der Waals surface area contributed by atoms with Crippen molar-refractivity contribution in [3.63, 3.8) is 0 Å². The molecule has 0 atom stereocenters. The molecule has 1 aromatic carbocycles. The van der Waals surface area contributed by atoms with Gasteiger partial charge in [0, 0.05) is 44.4 Å². The van der Waals surface area contributed by atoms with E-state index in [2.05, 4.69) is 15.0 Å². The van der Waals surface area contributed by atoms with Crippen LogP contribution in [-0.4, -0.2) is 50.0 Å². The second-order valence-electron chi connectivity index (χ2n) is 7.16. The van der Waals surface area contributed by atoms with Crippen LogP contribution in [0.15, 0.2) is 34.1 Å². The molecule has 162 valence electrons. The maximum atomic E-state index is 12.6. The number of fused-ring (bicyclic) bond motifs is 2. The van der Waals surface area contributed by atoms with Crippen LogP contribution in [0.3, 0.4) is 0 Å². The zero-order valence-corrected chi connectivity index (χ0v) is 17.5. The standard InChI is InChI=1S/C21H23N5O5/c1-25-20(28)18-19(26(21(25)29)5-4-6-27)24-17(23-18)8-13-11-22-10-12-7-15(30-2)16(31-3)9-14(12)13/h7,9-11,27H,4-6,8H2,1-3H3,(H,23,24). The van der Waals surface area contributed by atoms with Gasteiger partial charge < -0.3 is 19.6 Å². The zero-order chi connectivity index (χ0) is 22.1. The highest BCUT2D eigenvalue weighted by atomic mass is 16.5. The van der Waals surface area contributed by atoms with Gasteiger partial charge in [-0.15, -0.1) is 0 Å². The van der Waals surface area contributed by atoms with Crippen LogP contribution in [0.4, 0.5) is 0 Å². The number of rotatable bonds is 7. The molecule has 0 radical (unpaired) electrons. The van der Waals surface area contributed by atoms with Crippen molar-refractivity contribution in [1.29, 1.82) is 0 Å². The number of imidazole rings is 1. The third-order valence-corrected chi connectivity index (χ3v) is 5.27. The Morgan fingerprint density at radius 3 is 2.58 bits per heavy atom. The molecule has 31 heavy (non-hydrogen) atoms. The first-order valence-corrected chi connectivity index (χ1v) is 9.76. The van der Waals surface area contributed by atoms with Crippen molar-refractivity contribution in [2.75, 3.05) is 20.8 Å². The van der Waals surface area contributed by atoms with Crippen molar-refractivity contribution < 1.29 is 14.6 Å². The van der Waals surface area contributed by atoms with Crippen molar-refractivity contribution in [3.05, 3.63) is 56.8 Å². The first kappa shape index (κ1) is 20.6. The number of aliphatic hydroxyl groups is 1. The molecule has 0 saturated heterocycles. The Morgan fingerprint density at radius 2 is 1.87 bits per heavy atom. The molecule has 0 fully saturated rings. The van der Waals surface area contributed by atoms with Crippen LogP contribution in [0.25, 0.3) is 21.9 Å². The molecule has 10 nitrogen and oxygen atoms in total. The van der Waals surface area contributed by atoms with Crippen molar-refractivity contribution in [2.45, 2.75) is 19.4 Å². The van der Waals surface area contributed by atoms with Crippen LogP contribution in [0.5, 0.6) is 11.5 Å². The van der Waals surface area contributed by atoms with Gasteiger partial charge in [0.15, 0.2) is 17.1 Å². The summed E-state index contributed by atoms with van der Waals surface area (Å²) >= 11 is 0. The van der Waals surface area contributed by atoms with Crippen LogP contribution in [0.1, 0.15) is 17.8 Å². The minimum absolute atomic E-state index is 0.0684. The number of nitrogens with one attached hydrogen (secondary N) is 1. The number of hydrogen-bond acceptors (Lipinski definition) is 7. The van der Waals surface area contributed by atoms with Gasteiger partial charge in [0.1, 0.15) is 11.3 Å². The van der Waals surface area contributed by atoms with Gasteiger partial charge in [0.05, 0.1) is 14.2 Å². The number of aryl methyl sites for hydroxylation is 1. The predicted octanol–water partition coefficient (Wildman–Crippen LogP) is 0.962. The van der Waals surface area contributed by atoms with Gasteiger partial charge in [-0.05, 0) is 29.5 Å². The number of benzene rings is 1. The SMILES string of the molecule is COc1cc2cncc(Cc3nc4c([nH]3)c(=O)n(C)c(=O)n4CCCO)c2cc1OC. The molecule has 0 saturated carbocycles. The van der Waals surface area contributed by atoms with Crippen LogP contribution in [0, 0.1) is 0 Å². The molecule has 3 heterocycles. The van der Waals surface area contributed by atoms with Gasteiger partial charge in [-0.1, -0.05) is 0 Å². The van der Waals surface area contributed by atoms with Crippen LogP contribution >= 0.6 is 0 Å². The number of nitrogens with zero attached hydrogens (tertiary/aromatic N) is 4. The summed E-state index contributed by atoms with van der Waals surface area (Å²) in [5, 5.41) is 10.9. The second kappa shape index (κ2) is 8.23. The van der Waals surface area contributed by atoms with Crippen LogP contribution in [-0.2, 0) is 20.0 Å². The lowest BCUT2D eigenvalue weighted by Gasteiger charge is -2.11. The minimum atomic E-state index is -0.465. The van der Waals surface area contributed by atoms with E-state index >= 15 is 0 Å². The lowest BCUT2D eigenvalue weighted by atomic mass is 10.0. The Kier molecular flexibility index (Phi) is 5.47. The van der Waals surface area contributed by atoms with E-state index in [1.807, 2.05) is 12.1 Å². The van der Waals surface area contributed by atoms with E-state index in [0.29, 0.717) is 30.2 Å². The third-order valence-electron chi connectivity index (χ3n) is 5.27. The fraction of sp³-hybridized carbons (Fsp3) is 0.333. The van der Waals surface area contributed by atoms with Gasteiger partial charge in [0.2, 0.25) is 0 Å². The molecule has 0 spiro atoms. The molecular formula is C21H23N5O5. The number of pyridine rings is 1. The molecule has 4 aromatic rings. The van der Waals surface area contributed by atoms with Crippen molar-refractivity contribution in [3.8, 4) is 11.5 Å². The van der Waals surface area contributed by atoms with E-state index in [1.165, 1.54) is 11.6 Å². The fourth-order valence-corrected chi connectivity index (χ4v) is 3.67. The van der Waals surface area contributed by atoms with E-state index in [0.717, 1.165) is 20.9 Å². The molecular weight excluding hydrogens is 402 g/mol. The monoisotopic (exact) mass is 425 g/mol. The number of H-pyrrole nitrogens is 1. The third kappa shape index (κ3) is 3.55. The Labute approximate surface area is 176 Å². The normalized spacial score (nSPS) is 11.4. The fourth-order valence-electron chi connectivity index (χ4n) is 3.67. The molecule has 0 unspecified atom stereocenters. The van der Waals surface area contributed by atoms with Crippen molar-refractivity contribution in [1.82, 2.24) is 24.1 Å². The summed E-state index contributed by atoms with van der Waals surface area (Å²) in [6.07, 6.45) is 4.22. The number of methoxy groups -OCH3 is 2.